The van der Waals surface area contributed by atoms with Crippen LogP contribution in [-0.4, -0.2) is 46.7 Å². The topological polar surface area (TPSA) is 145 Å². The van der Waals surface area contributed by atoms with Crippen LogP contribution < -0.4 is 10.2 Å². The second-order valence-corrected chi connectivity index (χ2v) is 8.50. The molecule has 0 aliphatic heterocycles. The van der Waals surface area contributed by atoms with E-state index in [9.17, 15) is 36.6 Å². The normalized spacial score (nSPS) is 17.1. The van der Waals surface area contributed by atoms with Gasteiger partial charge in [-0.15, -0.1) is 0 Å². The van der Waals surface area contributed by atoms with Crippen LogP contribution >= 0.6 is 0 Å². The number of phenols is 2. The van der Waals surface area contributed by atoms with Crippen molar-refractivity contribution in [3.8, 4) is 11.5 Å². The number of carbonyl (C=O) groups excluding carboxylic acids is 2. The van der Waals surface area contributed by atoms with Gasteiger partial charge in [0.05, 0.1) is 23.2 Å². The van der Waals surface area contributed by atoms with Crippen LogP contribution in [0.2, 0.25) is 0 Å². The summed E-state index contributed by atoms with van der Waals surface area (Å²) in [6, 6.07) is 4.14. The van der Waals surface area contributed by atoms with Gasteiger partial charge in [-0.1, -0.05) is 12.8 Å². The van der Waals surface area contributed by atoms with Crippen molar-refractivity contribution in [2.24, 2.45) is 9.98 Å². The van der Waals surface area contributed by atoms with Crippen molar-refractivity contribution in [3.05, 3.63) is 58.7 Å². The van der Waals surface area contributed by atoms with Crippen molar-refractivity contribution < 1.29 is 73.1 Å². The number of benzene rings is 2. The summed E-state index contributed by atoms with van der Waals surface area (Å²) >= 11 is 0. The quantitative estimate of drug-likeness (QED) is 0.389. The summed E-state index contributed by atoms with van der Waals surface area (Å²) in [7, 11) is 0. The van der Waals surface area contributed by atoms with Gasteiger partial charge in [0.2, 0.25) is 0 Å². The molecule has 41 heavy (non-hydrogen) atoms. The molecule has 227 valence electrons. The smallest absolute Gasteiger partial charge is 0.550 e. The molecule has 2 N–H and O–H groups in total. The number of phenolic OH excluding ortho intramolecular Hbond substituents is 2. The van der Waals surface area contributed by atoms with Crippen molar-refractivity contribution in [1.82, 2.24) is 0 Å². The predicted octanol–water partition coefficient (Wildman–Crippen LogP) is 3.49. The maximum Gasteiger partial charge on any atom is 2.00 e. The standard InChI is InChI=1S/C22H20F6N2O2.2C2H4O2.Co/c23-21(24,25)15-5-7-19(31)13(9-15)11-29-17-3-1-2-4-18(17)30-12-14-10-16(22(26,27)28)6-8-20(14)32;2*1-2(3)4;/h5-12,17-18,31-32H,1-4H2;2*1H3,(H,3,4);/q;;;+2/p-2. The van der Waals surface area contributed by atoms with Gasteiger partial charge in [0.15, 0.2) is 0 Å². The van der Waals surface area contributed by atoms with E-state index in [2.05, 4.69) is 9.98 Å². The zero-order chi connectivity index (χ0) is 30.7. The summed E-state index contributed by atoms with van der Waals surface area (Å²) in [5, 5.41) is 37.5. The molecule has 0 heterocycles. The van der Waals surface area contributed by atoms with Crippen molar-refractivity contribution in [3.63, 3.8) is 0 Å². The van der Waals surface area contributed by atoms with E-state index in [4.69, 9.17) is 19.8 Å². The molecule has 1 aliphatic carbocycles. The van der Waals surface area contributed by atoms with Crippen LogP contribution in [0, 0.1) is 0 Å². The fourth-order valence-corrected chi connectivity index (χ4v) is 3.46. The number of alkyl halides is 6. The van der Waals surface area contributed by atoms with Crippen LogP contribution in [0.1, 0.15) is 61.8 Å². The van der Waals surface area contributed by atoms with E-state index < -0.39 is 47.5 Å². The minimum Gasteiger partial charge on any atom is -0.550 e. The SMILES string of the molecule is CC(=O)[O-].CC(=O)[O-].Oc1ccc(C(F)(F)F)cc1C=NC1CCCCC1N=Cc1cc(C(F)(F)F)ccc1O.[Co+2]. The molecule has 0 aromatic heterocycles. The van der Waals surface area contributed by atoms with Gasteiger partial charge in [-0.3, -0.25) is 9.98 Å². The molecule has 0 amide bonds. The first kappa shape index (κ1) is 37.4. The number of carboxylic acids is 2. The Bertz CT molecular complexity index is 1120. The Morgan fingerprint density at radius 1 is 0.756 bits per heavy atom. The second-order valence-electron chi connectivity index (χ2n) is 8.50. The first-order chi connectivity index (χ1) is 18.4. The molecule has 1 fully saturated rings. The Kier molecular flexibility index (Phi) is 15.2. The maximum absolute atomic E-state index is 12.9. The van der Waals surface area contributed by atoms with Gasteiger partial charge in [0, 0.05) is 35.5 Å². The Morgan fingerprint density at radius 2 is 1.05 bits per heavy atom. The fraction of sp³-hybridized carbons (Fsp3) is 0.385. The number of aliphatic imine (C=N–C) groups is 2. The van der Waals surface area contributed by atoms with E-state index in [1.165, 1.54) is 0 Å². The molecule has 2 aromatic carbocycles. The third kappa shape index (κ3) is 14.0. The number of carbonyl (C=O) groups is 2. The van der Waals surface area contributed by atoms with Crippen molar-refractivity contribution in [2.45, 2.75) is 64.0 Å². The molecule has 0 spiro atoms. The summed E-state index contributed by atoms with van der Waals surface area (Å²) in [5.41, 5.74) is -2.03. The molecule has 0 saturated heterocycles. The molecule has 1 aliphatic rings. The van der Waals surface area contributed by atoms with Crippen molar-refractivity contribution in [2.75, 3.05) is 0 Å². The molecule has 2 aromatic rings. The van der Waals surface area contributed by atoms with Crippen molar-refractivity contribution >= 4 is 24.4 Å². The van der Waals surface area contributed by atoms with E-state index in [1.807, 2.05) is 0 Å². The molecular formula is C26H26CoF6N2O6. The van der Waals surface area contributed by atoms with Crippen LogP contribution in [0.4, 0.5) is 26.3 Å². The maximum atomic E-state index is 12.9. The third-order valence-corrected chi connectivity index (χ3v) is 5.21. The number of carboxylic acid groups (broad SMARTS) is 2. The molecule has 0 bridgehead atoms. The van der Waals surface area contributed by atoms with Gasteiger partial charge >= 0.3 is 29.1 Å². The molecule has 2 atom stereocenters. The van der Waals surface area contributed by atoms with Crippen molar-refractivity contribution in [1.29, 1.82) is 0 Å². The molecule has 1 saturated carbocycles. The molecule has 1 radical (unpaired) electrons. The average Bonchev–Trinajstić information content (AvgIpc) is 2.81. The molecule has 8 nitrogen and oxygen atoms in total. The van der Waals surface area contributed by atoms with Crippen LogP contribution in [0.25, 0.3) is 0 Å². The number of halogens is 6. The number of hydrogen-bond donors (Lipinski definition) is 2. The molecular weight excluding hydrogens is 609 g/mol. The van der Waals surface area contributed by atoms with Gasteiger partial charge in [0.25, 0.3) is 0 Å². The van der Waals surface area contributed by atoms with Crippen LogP contribution in [0.15, 0.2) is 46.4 Å². The summed E-state index contributed by atoms with van der Waals surface area (Å²) in [5.74, 6) is -2.88. The molecule has 15 heteroatoms. The zero-order valence-electron chi connectivity index (χ0n) is 21.6. The first-order valence-corrected chi connectivity index (χ1v) is 11.6. The van der Waals surface area contributed by atoms with E-state index >= 15 is 0 Å². The first-order valence-electron chi connectivity index (χ1n) is 11.6. The van der Waals surface area contributed by atoms with Gasteiger partial charge in [-0.2, -0.15) is 26.3 Å². The van der Waals surface area contributed by atoms with E-state index in [0.29, 0.717) is 12.8 Å². The Labute approximate surface area is 241 Å². The summed E-state index contributed by atoms with van der Waals surface area (Å²) < 4.78 is 77.5. The van der Waals surface area contributed by atoms with Gasteiger partial charge in [-0.05, 0) is 63.1 Å². The van der Waals surface area contributed by atoms with Crippen LogP contribution in [0.5, 0.6) is 11.5 Å². The molecule has 3 rings (SSSR count). The minimum absolute atomic E-state index is 0. The number of aliphatic carboxylic acids is 2. The fourth-order valence-electron chi connectivity index (χ4n) is 3.46. The minimum atomic E-state index is -4.57. The Hall–Kier alpha value is -3.59. The summed E-state index contributed by atoms with van der Waals surface area (Å²) in [4.78, 5) is 26.4. The van der Waals surface area contributed by atoms with E-state index in [1.54, 1.807) is 0 Å². The number of nitrogens with zero attached hydrogens (tertiary/aromatic N) is 2. The Balaban J connectivity index is 0.00000158. The third-order valence-electron chi connectivity index (χ3n) is 5.21. The summed E-state index contributed by atoms with van der Waals surface area (Å²) in [6.07, 6.45) is -4.06. The number of aromatic hydroxyl groups is 2. The largest absolute Gasteiger partial charge is 2.00 e. The van der Waals surface area contributed by atoms with Gasteiger partial charge in [-0.25, -0.2) is 0 Å². The number of rotatable bonds is 4. The Morgan fingerprint density at radius 3 is 1.32 bits per heavy atom. The second kappa shape index (κ2) is 16.6. The van der Waals surface area contributed by atoms with Crippen LogP contribution in [-0.2, 0) is 38.7 Å². The van der Waals surface area contributed by atoms with E-state index in [0.717, 1.165) is 75.5 Å². The average molecular weight is 635 g/mol. The molecule has 2 unspecified atom stereocenters. The summed E-state index contributed by atoms with van der Waals surface area (Å²) in [6.45, 7) is 1.94. The van der Waals surface area contributed by atoms with Gasteiger partial charge < -0.3 is 30.0 Å². The van der Waals surface area contributed by atoms with Crippen LogP contribution in [0.3, 0.4) is 0 Å². The zero-order valence-corrected chi connectivity index (χ0v) is 22.7. The number of hydrogen-bond acceptors (Lipinski definition) is 8. The monoisotopic (exact) mass is 635 g/mol. The van der Waals surface area contributed by atoms with E-state index in [-0.39, 0.29) is 39.4 Å². The van der Waals surface area contributed by atoms with Gasteiger partial charge in [0.1, 0.15) is 11.5 Å². The predicted molar refractivity (Wildman–Crippen MR) is 129 cm³/mol.